The summed E-state index contributed by atoms with van der Waals surface area (Å²) in [5, 5.41) is 0. The molecule has 1 unspecified atom stereocenters. The second kappa shape index (κ2) is 12.7. The van der Waals surface area contributed by atoms with Crippen LogP contribution in [0.1, 0.15) is 59.3 Å². The van der Waals surface area contributed by atoms with Crippen molar-refractivity contribution in [2.75, 3.05) is 47.4 Å². The van der Waals surface area contributed by atoms with Crippen molar-refractivity contribution in [1.29, 1.82) is 0 Å². The van der Waals surface area contributed by atoms with Gasteiger partial charge in [-0.1, -0.05) is 40.0 Å². The Hall–Kier alpha value is 0.270. The highest BCUT2D eigenvalue weighted by molar-refractivity contribution is 7.09. The standard InChI is InChI=1S/C17H40N3OP/c1-7-10-13-18(4)17(16-21-22,19(5)14-11-8-2)20(6)15-12-9-3/h7-16,22H2,1-6H3. The Morgan fingerprint density at radius 2 is 1.05 bits per heavy atom. The summed E-state index contributed by atoms with van der Waals surface area (Å²) in [4.78, 5) is 7.43. The maximum absolute atomic E-state index is 5.60. The molecule has 0 N–H and O–H groups in total. The molecule has 0 saturated carbocycles. The Labute approximate surface area is 141 Å². The van der Waals surface area contributed by atoms with E-state index in [-0.39, 0.29) is 5.79 Å². The van der Waals surface area contributed by atoms with Crippen LogP contribution in [-0.2, 0) is 4.52 Å². The van der Waals surface area contributed by atoms with Gasteiger partial charge in [-0.05, 0) is 40.4 Å². The molecule has 0 aromatic carbocycles. The fourth-order valence-corrected chi connectivity index (χ4v) is 3.26. The largest absolute Gasteiger partial charge is 0.361 e. The summed E-state index contributed by atoms with van der Waals surface area (Å²) in [6, 6.07) is 0. The van der Waals surface area contributed by atoms with Gasteiger partial charge in [-0.25, -0.2) is 0 Å². The van der Waals surface area contributed by atoms with Gasteiger partial charge < -0.3 is 4.52 Å². The third-order valence-electron chi connectivity index (χ3n) is 4.65. The van der Waals surface area contributed by atoms with Gasteiger partial charge in [0.15, 0.2) is 5.79 Å². The van der Waals surface area contributed by atoms with Crippen molar-refractivity contribution in [1.82, 2.24) is 14.7 Å². The minimum atomic E-state index is -0.165. The van der Waals surface area contributed by atoms with Gasteiger partial charge in [0.2, 0.25) is 0 Å². The van der Waals surface area contributed by atoms with Crippen LogP contribution < -0.4 is 0 Å². The zero-order chi connectivity index (χ0) is 17.0. The Balaban J connectivity index is 5.30. The van der Waals surface area contributed by atoms with Crippen molar-refractivity contribution < 1.29 is 4.52 Å². The van der Waals surface area contributed by atoms with E-state index in [1.165, 1.54) is 38.5 Å². The van der Waals surface area contributed by atoms with Gasteiger partial charge in [0.25, 0.3) is 0 Å². The molecule has 1 atom stereocenters. The SMILES string of the molecule is CCCCN(C)C(COP)(N(C)CCCC)N(C)CCCC. The Morgan fingerprint density at radius 1 is 0.727 bits per heavy atom. The summed E-state index contributed by atoms with van der Waals surface area (Å²) >= 11 is 0. The second-order valence-electron chi connectivity index (χ2n) is 6.41. The molecule has 4 nitrogen and oxygen atoms in total. The summed E-state index contributed by atoms with van der Waals surface area (Å²) in [6.07, 6.45) is 7.33. The van der Waals surface area contributed by atoms with E-state index in [4.69, 9.17) is 4.52 Å². The van der Waals surface area contributed by atoms with E-state index in [2.05, 4.69) is 66.1 Å². The highest BCUT2D eigenvalue weighted by Crippen LogP contribution is 2.25. The Morgan fingerprint density at radius 3 is 1.27 bits per heavy atom. The summed E-state index contributed by atoms with van der Waals surface area (Å²) in [6.45, 7) is 10.7. The van der Waals surface area contributed by atoms with Crippen molar-refractivity contribution in [2.45, 2.75) is 65.1 Å². The van der Waals surface area contributed by atoms with E-state index in [0.29, 0.717) is 6.61 Å². The molecule has 0 bridgehead atoms. The Bertz CT molecular complexity index is 230. The minimum Gasteiger partial charge on any atom is -0.361 e. The van der Waals surface area contributed by atoms with E-state index in [0.717, 1.165) is 19.6 Å². The van der Waals surface area contributed by atoms with Crippen LogP contribution >= 0.6 is 9.47 Å². The molecule has 0 fully saturated rings. The van der Waals surface area contributed by atoms with Crippen molar-refractivity contribution >= 4 is 9.47 Å². The minimum absolute atomic E-state index is 0.165. The normalized spacial score (nSPS) is 12.8. The summed E-state index contributed by atoms with van der Waals surface area (Å²) in [5.41, 5.74) is 0. The number of hydrogen-bond acceptors (Lipinski definition) is 4. The van der Waals surface area contributed by atoms with Crippen LogP contribution in [0.3, 0.4) is 0 Å². The van der Waals surface area contributed by atoms with Crippen molar-refractivity contribution in [2.24, 2.45) is 0 Å². The number of unbranched alkanes of at least 4 members (excludes halogenated alkanes) is 3. The van der Waals surface area contributed by atoms with Gasteiger partial charge in [-0.2, -0.15) is 0 Å². The first-order chi connectivity index (χ1) is 10.5. The lowest BCUT2D eigenvalue weighted by Gasteiger charge is -2.53. The van der Waals surface area contributed by atoms with E-state index in [9.17, 15) is 0 Å². The first-order valence-corrected chi connectivity index (χ1v) is 9.43. The molecule has 0 amide bonds. The fourth-order valence-electron chi connectivity index (χ4n) is 3.04. The smallest absolute Gasteiger partial charge is 0.155 e. The fraction of sp³-hybridized carbons (Fsp3) is 1.00. The van der Waals surface area contributed by atoms with E-state index < -0.39 is 0 Å². The highest BCUT2D eigenvalue weighted by Gasteiger charge is 2.42. The second-order valence-corrected chi connectivity index (χ2v) is 6.74. The lowest BCUT2D eigenvalue weighted by Crippen LogP contribution is -2.69. The van der Waals surface area contributed by atoms with E-state index >= 15 is 0 Å². The molecule has 0 radical (unpaired) electrons. The van der Waals surface area contributed by atoms with Crippen molar-refractivity contribution in [3.63, 3.8) is 0 Å². The molecule has 0 aromatic heterocycles. The van der Waals surface area contributed by atoms with Gasteiger partial charge in [0.1, 0.15) is 0 Å². The van der Waals surface area contributed by atoms with Crippen LogP contribution in [-0.4, -0.2) is 67.9 Å². The van der Waals surface area contributed by atoms with E-state index in [1.807, 2.05) is 0 Å². The van der Waals surface area contributed by atoms with Gasteiger partial charge in [-0.3, -0.25) is 14.7 Å². The lowest BCUT2D eigenvalue weighted by molar-refractivity contribution is -0.161. The number of nitrogens with zero attached hydrogens (tertiary/aromatic N) is 3. The number of likely N-dealkylation sites (N-methyl/N-ethyl adjacent to an activating group) is 3. The molecule has 0 spiro atoms. The van der Waals surface area contributed by atoms with Gasteiger partial charge >= 0.3 is 0 Å². The molecule has 0 heterocycles. The molecule has 0 rings (SSSR count). The van der Waals surface area contributed by atoms with Crippen LogP contribution in [0.5, 0.6) is 0 Å². The first-order valence-electron chi connectivity index (χ1n) is 8.96. The number of hydrogen-bond donors (Lipinski definition) is 0. The molecule has 0 aliphatic heterocycles. The van der Waals surface area contributed by atoms with Gasteiger partial charge in [0, 0.05) is 29.1 Å². The van der Waals surface area contributed by atoms with Gasteiger partial charge in [0.05, 0.1) is 6.61 Å². The highest BCUT2D eigenvalue weighted by atomic mass is 31.0. The summed E-state index contributed by atoms with van der Waals surface area (Å²) in [5.74, 6) is -0.165. The van der Waals surface area contributed by atoms with Crippen LogP contribution in [0.4, 0.5) is 0 Å². The van der Waals surface area contributed by atoms with Crippen molar-refractivity contribution in [3.05, 3.63) is 0 Å². The van der Waals surface area contributed by atoms with Gasteiger partial charge in [-0.15, -0.1) is 0 Å². The molecule has 134 valence electrons. The lowest BCUT2D eigenvalue weighted by atomic mass is 10.1. The summed E-state index contributed by atoms with van der Waals surface area (Å²) in [7, 11) is 9.16. The molecule has 5 heteroatoms. The number of rotatable bonds is 14. The quantitative estimate of drug-likeness (QED) is 0.357. The molecule has 22 heavy (non-hydrogen) atoms. The topological polar surface area (TPSA) is 19.0 Å². The average Bonchev–Trinajstić information content (AvgIpc) is 2.52. The average molecular weight is 334 g/mol. The maximum Gasteiger partial charge on any atom is 0.155 e. The van der Waals surface area contributed by atoms with Crippen LogP contribution in [0, 0.1) is 0 Å². The molecule has 0 aromatic rings. The molecular formula is C17H40N3OP. The third-order valence-corrected chi connectivity index (χ3v) is 4.82. The van der Waals surface area contributed by atoms with Crippen LogP contribution in [0.2, 0.25) is 0 Å². The monoisotopic (exact) mass is 333 g/mol. The molecular weight excluding hydrogens is 293 g/mol. The van der Waals surface area contributed by atoms with Crippen LogP contribution in [0.25, 0.3) is 0 Å². The third kappa shape index (κ3) is 6.41. The first kappa shape index (κ1) is 22.3. The van der Waals surface area contributed by atoms with Crippen molar-refractivity contribution in [3.8, 4) is 0 Å². The summed E-state index contributed by atoms with van der Waals surface area (Å²) < 4.78 is 5.60. The molecule has 0 aliphatic rings. The predicted octanol–water partition coefficient (Wildman–Crippen LogP) is 3.64. The predicted molar refractivity (Wildman–Crippen MR) is 101 cm³/mol. The zero-order valence-electron chi connectivity index (χ0n) is 15.9. The Kier molecular flexibility index (Phi) is 12.8. The molecule has 0 aliphatic carbocycles. The van der Waals surface area contributed by atoms with E-state index in [1.54, 1.807) is 0 Å². The van der Waals surface area contributed by atoms with Crippen LogP contribution in [0.15, 0.2) is 0 Å². The maximum atomic E-state index is 5.60. The zero-order valence-corrected chi connectivity index (χ0v) is 17.1. The molecule has 0 saturated heterocycles.